The molecular formula is C21H36F3NO4. The van der Waals surface area contributed by atoms with Gasteiger partial charge in [0.2, 0.25) is 5.78 Å². The molecule has 0 aliphatic rings. The zero-order chi connectivity index (χ0) is 24.1. The van der Waals surface area contributed by atoms with Crippen LogP contribution in [0.25, 0.3) is 0 Å². The summed E-state index contributed by atoms with van der Waals surface area (Å²) in [7, 11) is 0. The predicted molar refractivity (Wildman–Crippen MR) is 105 cm³/mol. The summed E-state index contributed by atoms with van der Waals surface area (Å²) in [6.45, 7) is 21.1. The minimum atomic E-state index is -5.19. The van der Waals surface area contributed by atoms with Gasteiger partial charge in [-0.1, -0.05) is 47.8 Å². The van der Waals surface area contributed by atoms with Crippen LogP contribution in [0.15, 0.2) is 24.3 Å². The molecule has 0 saturated heterocycles. The highest BCUT2D eigenvalue weighted by atomic mass is 19.4. The van der Waals surface area contributed by atoms with E-state index in [-0.39, 0.29) is 23.5 Å². The third-order valence-corrected chi connectivity index (χ3v) is 3.47. The third-order valence-electron chi connectivity index (χ3n) is 3.47. The number of carboxylic acids is 1. The molecule has 0 aliphatic carbocycles. The van der Waals surface area contributed by atoms with Gasteiger partial charge in [0.05, 0.1) is 0 Å². The summed E-state index contributed by atoms with van der Waals surface area (Å²) >= 11 is 0. The smallest absolute Gasteiger partial charge is 0.430 e. The van der Waals surface area contributed by atoms with E-state index in [0.29, 0.717) is 23.0 Å². The summed E-state index contributed by atoms with van der Waals surface area (Å²) < 4.78 is 31.5. The highest BCUT2D eigenvalue weighted by Gasteiger charge is 2.28. The Kier molecular flexibility index (Phi) is 16.4. The van der Waals surface area contributed by atoms with Gasteiger partial charge in [-0.05, 0) is 43.3 Å². The van der Waals surface area contributed by atoms with Crippen molar-refractivity contribution < 1.29 is 38.4 Å². The Labute approximate surface area is 172 Å². The van der Waals surface area contributed by atoms with Crippen LogP contribution in [0.3, 0.4) is 0 Å². The number of quaternary nitrogens is 1. The van der Waals surface area contributed by atoms with Crippen LogP contribution >= 0.6 is 0 Å². The summed E-state index contributed by atoms with van der Waals surface area (Å²) in [6.07, 6.45) is -3.38. The molecule has 29 heavy (non-hydrogen) atoms. The van der Waals surface area contributed by atoms with E-state index in [9.17, 15) is 22.8 Å². The monoisotopic (exact) mass is 423 g/mol. The molecule has 0 fully saturated rings. The summed E-state index contributed by atoms with van der Waals surface area (Å²) in [6, 6.07) is -0.104. The quantitative estimate of drug-likeness (QED) is 0.607. The number of alkyl halides is 3. The number of Topliss-reactive ketones (excluding diaryl/α,β-unsaturated/α-hetero) is 2. The minimum absolute atomic E-state index is 0.0960. The van der Waals surface area contributed by atoms with E-state index in [1.54, 1.807) is 13.8 Å². The molecule has 0 saturated carbocycles. The normalized spacial score (nSPS) is 12.7. The Morgan fingerprint density at radius 1 is 0.862 bits per heavy atom. The van der Waals surface area contributed by atoms with Gasteiger partial charge < -0.3 is 15.6 Å². The molecule has 0 aromatic carbocycles. The first kappa shape index (κ1) is 31.7. The topological polar surface area (TPSA) is 102 Å². The molecule has 5 nitrogen and oxygen atoms in total. The number of carboxylic acid groups (broad SMARTS) is 1. The van der Waals surface area contributed by atoms with Gasteiger partial charge in [-0.3, -0.25) is 9.59 Å². The van der Waals surface area contributed by atoms with Gasteiger partial charge in [0.15, 0.2) is 5.78 Å². The SMILES string of the molecule is C=C(C)C(=O)[C@@H](C)CC(C)C.C=C(C)C(=O)[C@@H]([NH3+])CC(C)C.O=C([O-])C(F)(F)F. The zero-order valence-corrected chi connectivity index (χ0v) is 18.6. The van der Waals surface area contributed by atoms with Crippen LogP contribution in [0.4, 0.5) is 13.2 Å². The van der Waals surface area contributed by atoms with Crippen molar-refractivity contribution in [2.75, 3.05) is 0 Å². The molecule has 8 heteroatoms. The number of aliphatic carboxylic acids is 1. The van der Waals surface area contributed by atoms with Crippen LogP contribution in [0.1, 0.15) is 61.3 Å². The Morgan fingerprint density at radius 3 is 1.38 bits per heavy atom. The van der Waals surface area contributed by atoms with E-state index in [1.165, 1.54) is 0 Å². The first-order valence-corrected chi connectivity index (χ1v) is 9.35. The number of ketones is 2. The van der Waals surface area contributed by atoms with Gasteiger partial charge >= 0.3 is 6.18 Å². The Morgan fingerprint density at radius 2 is 1.17 bits per heavy atom. The van der Waals surface area contributed by atoms with Crippen molar-refractivity contribution in [2.45, 2.75) is 73.5 Å². The second-order valence-electron chi connectivity index (χ2n) is 7.93. The molecule has 170 valence electrons. The third kappa shape index (κ3) is 19.1. The van der Waals surface area contributed by atoms with Crippen molar-refractivity contribution in [3.05, 3.63) is 24.3 Å². The van der Waals surface area contributed by atoms with Gasteiger partial charge in [-0.2, -0.15) is 13.2 Å². The molecule has 0 amide bonds. The van der Waals surface area contributed by atoms with Gasteiger partial charge in [-0.15, -0.1) is 0 Å². The molecule has 0 spiro atoms. The minimum Gasteiger partial charge on any atom is -0.542 e. The molecular weight excluding hydrogens is 387 g/mol. The van der Waals surface area contributed by atoms with Crippen molar-refractivity contribution in [1.29, 1.82) is 0 Å². The number of hydrogen-bond donors (Lipinski definition) is 1. The first-order chi connectivity index (χ1) is 12.8. The molecule has 0 aromatic heterocycles. The molecule has 0 aromatic rings. The number of carbonyl (C=O) groups excluding carboxylic acids is 3. The number of hydrogen-bond acceptors (Lipinski definition) is 4. The largest absolute Gasteiger partial charge is 0.542 e. The van der Waals surface area contributed by atoms with Gasteiger partial charge in [0.1, 0.15) is 12.0 Å². The molecule has 2 atom stereocenters. The summed E-state index contributed by atoms with van der Waals surface area (Å²) in [5, 5.41) is 8.78. The van der Waals surface area contributed by atoms with Crippen LogP contribution in [-0.2, 0) is 14.4 Å². The lowest BCUT2D eigenvalue weighted by molar-refractivity contribution is -0.405. The van der Waals surface area contributed by atoms with Crippen molar-refractivity contribution in [2.24, 2.45) is 17.8 Å². The maximum Gasteiger partial charge on any atom is 0.430 e. The van der Waals surface area contributed by atoms with Gasteiger partial charge in [0.25, 0.3) is 0 Å². The van der Waals surface area contributed by atoms with Crippen molar-refractivity contribution in [3.63, 3.8) is 0 Å². The summed E-state index contributed by atoms with van der Waals surface area (Å²) in [4.78, 5) is 31.3. The molecule has 3 N–H and O–H groups in total. The van der Waals surface area contributed by atoms with Gasteiger partial charge in [-0.25, -0.2) is 0 Å². The molecule has 0 unspecified atom stereocenters. The number of halogens is 3. The van der Waals surface area contributed by atoms with E-state index in [0.717, 1.165) is 12.8 Å². The second-order valence-corrected chi connectivity index (χ2v) is 7.93. The van der Waals surface area contributed by atoms with E-state index in [1.807, 2.05) is 6.92 Å². The van der Waals surface area contributed by atoms with Crippen LogP contribution < -0.4 is 10.8 Å². The Balaban J connectivity index is -0.000000360. The van der Waals surface area contributed by atoms with E-state index in [4.69, 9.17) is 9.90 Å². The van der Waals surface area contributed by atoms with E-state index >= 15 is 0 Å². The summed E-state index contributed by atoms with van der Waals surface area (Å²) in [5.74, 6) is -1.44. The van der Waals surface area contributed by atoms with Crippen molar-refractivity contribution >= 4 is 17.5 Å². The molecule has 0 radical (unpaired) electrons. The Hall–Kier alpha value is -1.96. The van der Waals surface area contributed by atoms with Gasteiger partial charge in [0, 0.05) is 12.3 Å². The predicted octanol–water partition coefficient (Wildman–Crippen LogP) is 2.90. The fraction of sp³-hybridized carbons (Fsp3) is 0.667. The van der Waals surface area contributed by atoms with Crippen molar-refractivity contribution in [3.8, 4) is 0 Å². The Bertz CT molecular complexity index is 529. The van der Waals surface area contributed by atoms with Crippen molar-refractivity contribution in [1.82, 2.24) is 0 Å². The molecule has 0 aliphatic heterocycles. The summed E-state index contributed by atoms with van der Waals surface area (Å²) in [5.41, 5.74) is 5.08. The number of rotatable bonds is 8. The maximum absolute atomic E-state index is 11.3. The standard InChI is InChI=1S/C10H18O.C9H17NO.C2HF3O2/c1-7(2)6-9(5)10(11)8(3)4;1-6(2)5-8(10)9(11)7(3)4;3-2(4,5)1(6)7/h7,9H,3,6H2,1-2,4-5H3;6,8H,3,5,10H2,1-2,4H3;(H,6,7)/t9-;8-;/m00./s1. The van der Waals surface area contributed by atoms with E-state index in [2.05, 4.69) is 46.6 Å². The first-order valence-electron chi connectivity index (χ1n) is 9.35. The molecule has 0 rings (SSSR count). The average molecular weight is 424 g/mol. The maximum atomic E-state index is 11.3. The number of allylic oxidation sites excluding steroid dienone is 1. The highest BCUT2D eigenvalue weighted by Crippen LogP contribution is 2.14. The molecule has 0 bridgehead atoms. The van der Waals surface area contributed by atoms with Crippen LogP contribution in [0.2, 0.25) is 0 Å². The highest BCUT2D eigenvalue weighted by molar-refractivity contribution is 5.97. The zero-order valence-electron chi connectivity index (χ0n) is 18.6. The average Bonchev–Trinajstić information content (AvgIpc) is 2.51. The van der Waals surface area contributed by atoms with Crippen LogP contribution in [-0.4, -0.2) is 29.8 Å². The number of carbonyl (C=O) groups is 3. The lowest BCUT2D eigenvalue weighted by atomic mass is 9.92. The van der Waals surface area contributed by atoms with E-state index < -0.39 is 12.1 Å². The lowest BCUT2D eigenvalue weighted by Crippen LogP contribution is -2.65. The fourth-order valence-corrected chi connectivity index (χ4v) is 2.26. The van der Waals surface area contributed by atoms with Crippen LogP contribution in [0, 0.1) is 17.8 Å². The lowest BCUT2D eigenvalue weighted by Gasteiger charge is -2.11. The fourth-order valence-electron chi connectivity index (χ4n) is 2.26. The molecule has 0 heterocycles. The van der Waals surface area contributed by atoms with Crippen LogP contribution in [0.5, 0.6) is 0 Å². The second kappa shape index (κ2) is 15.0.